The normalized spacial score (nSPS) is 20.3. The zero-order valence-electron chi connectivity index (χ0n) is 11.2. The van der Waals surface area contributed by atoms with Crippen LogP contribution in [-0.4, -0.2) is 28.3 Å². The Morgan fingerprint density at radius 2 is 2.10 bits per heavy atom. The Bertz CT molecular complexity index is 632. The molecule has 4 nitrogen and oxygen atoms in total. The van der Waals surface area contributed by atoms with Crippen LogP contribution in [0.2, 0.25) is 0 Å². The van der Waals surface area contributed by atoms with Gasteiger partial charge in [-0.05, 0) is 31.4 Å². The molecule has 2 N–H and O–H groups in total. The number of rotatable bonds is 2. The van der Waals surface area contributed by atoms with Gasteiger partial charge in [-0.25, -0.2) is 4.98 Å². The Morgan fingerprint density at radius 1 is 1.40 bits per heavy atom. The smallest absolute Gasteiger partial charge is 0.143 e. The summed E-state index contributed by atoms with van der Waals surface area (Å²) in [5.74, 6) is 0.971. The van der Waals surface area contributed by atoms with E-state index in [1.54, 1.807) is 13.1 Å². The average Bonchev–Trinajstić information content (AvgIpc) is 3.03. The molecule has 1 aromatic rings. The van der Waals surface area contributed by atoms with Crippen molar-refractivity contribution in [3.8, 4) is 0 Å². The number of allylic oxidation sites excluding steroid dienone is 1. The molecule has 0 amide bonds. The number of hydrogen-bond donors (Lipinski definition) is 2. The number of nitrogens with one attached hydrogen (secondary N) is 2. The zero-order chi connectivity index (χ0) is 14.3. The zero-order valence-corrected chi connectivity index (χ0v) is 12.7. The molecule has 3 rings (SSSR count). The number of pyridine rings is 1. The van der Waals surface area contributed by atoms with E-state index in [9.17, 15) is 0 Å². The Morgan fingerprint density at radius 3 is 2.75 bits per heavy atom. The van der Waals surface area contributed by atoms with Crippen LogP contribution in [0, 0.1) is 10.8 Å². The summed E-state index contributed by atoms with van der Waals surface area (Å²) in [4.78, 5) is 7.82. The minimum Gasteiger partial charge on any atom is -0.356 e. The Balaban J connectivity index is 2.13. The minimum atomic E-state index is -0.00210. The van der Waals surface area contributed by atoms with Crippen molar-refractivity contribution in [2.45, 2.75) is 24.7 Å². The number of halogens is 1. The molecule has 0 bridgehead atoms. The number of thioether (sulfide) groups is 1. The van der Waals surface area contributed by atoms with Gasteiger partial charge < -0.3 is 4.90 Å². The molecule has 1 saturated heterocycles. The highest BCUT2D eigenvalue weighted by atomic mass is 35.5. The van der Waals surface area contributed by atoms with Crippen LogP contribution in [0.1, 0.15) is 25.3 Å². The number of anilines is 1. The van der Waals surface area contributed by atoms with Crippen molar-refractivity contribution in [3.63, 3.8) is 0 Å². The van der Waals surface area contributed by atoms with Crippen molar-refractivity contribution in [3.05, 3.63) is 23.4 Å². The van der Waals surface area contributed by atoms with Crippen molar-refractivity contribution in [2.24, 2.45) is 0 Å². The van der Waals surface area contributed by atoms with Crippen LogP contribution in [0.3, 0.4) is 0 Å². The minimum absolute atomic E-state index is 0.00210. The fourth-order valence-electron chi connectivity index (χ4n) is 2.65. The summed E-state index contributed by atoms with van der Waals surface area (Å²) in [6.07, 6.45) is 4.18. The lowest BCUT2D eigenvalue weighted by Crippen LogP contribution is -2.19. The molecule has 20 heavy (non-hydrogen) atoms. The first-order chi connectivity index (χ1) is 9.59. The topological polar surface area (TPSA) is 63.8 Å². The highest BCUT2D eigenvalue weighted by Crippen LogP contribution is 2.46. The lowest BCUT2D eigenvalue weighted by Gasteiger charge is -2.18. The van der Waals surface area contributed by atoms with Crippen molar-refractivity contribution < 1.29 is 0 Å². The van der Waals surface area contributed by atoms with Crippen molar-refractivity contribution >= 4 is 45.0 Å². The first kappa shape index (κ1) is 13.6. The van der Waals surface area contributed by atoms with E-state index in [1.807, 2.05) is 6.07 Å². The molecule has 104 valence electrons. The van der Waals surface area contributed by atoms with Crippen LogP contribution >= 0.6 is 23.4 Å². The standard InChI is InChI=1S/C14H15ClN4S/c1-8(12(15)16)10-9-4-5-18-14(11(9)20-13(10)17)19-6-2-3-7-19/h4-5,16-17H,2-3,6-7H2,1H3/b10-8-,16-12?,17-13?. The maximum Gasteiger partial charge on any atom is 0.143 e. The third kappa shape index (κ3) is 2.15. The summed E-state index contributed by atoms with van der Waals surface area (Å²) in [7, 11) is 0. The first-order valence-corrected chi connectivity index (χ1v) is 7.75. The molecule has 0 saturated carbocycles. The van der Waals surface area contributed by atoms with Crippen LogP contribution in [0.4, 0.5) is 5.82 Å². The fraction of sp³-hybridized carbons (Fsp3) is 0.357. The predicted molar refractivity (Wildman–Crippen MR) is 85.4 cm³/mol. The van der Waals surface area contributed by atoms with Gasteiger partial charge in [0.1, 0.15) is 16.0 Å². The van der Waals surface area contributed by atoms with Crippen LogP contribution in [0.25, 0.3) is 5.57 Å². The molecule has 0 spiro atoms. The molecular formula is C14H15ClN4S. The van der Waals surface area contributed by atoms with Gasteiger partial charge in [0.2, 0.25) is 0 Å². The van der Waals surface area contributed by atoms with E-state index < -0.39 is 0 Å². The highest BCUT2D eigenvalue weighted by molar-refractivity contribution is 8.15. The van der Waals surface area contributed by atoms with E-state index in [0.29, 0.717) is 10.6 Å². The quantitative estimate of drug-likeness (QED) is 0.818. The van der Waals surface area contributed by atoms with Gasteiger partial charge in [0.05, 0.1) is 4.90 Å². The first-order valence-electron chi connectivity index (χ1n) is 6.56. The Hall–Kier alpha value is -1.33. The van der Waals surface area contributed by atoms with E-state index in [4.69, 9.17) is 22.4 Å². The number of fused-ring (bicyclic) bond motifs is 1. The summed E-state index contributed by atoms with van der Waals surface area (Å²) < 4.78 is 0. The summed E-state index contributed by atoms with van der Waals surface area (Å²) in [6.45, 7) is 3.85. The van der Waals surface area contributed by atoms with Crippen molar-refractivity contribution in [2.75, 3.05) is 18.0 Å². The third-order valence-electron chi connectivity index (χ3n) is 3.70. The van der Waals surface area contributed by atoms with Gasteiger partial charge >= 0.3 is 0 Å². The lowest BCUT2D eigenvalue weighted by molar-refractivity contribution is 0.915. The Labute approximate surface area is 127 Å². The van der Waals surface area contributed by atoms with Crippen LogP contribution in [0.15, 0.2) is 22.7 Å². The summed E-state index contributed by atoms with van der Waals surface area (Å²) in [6, 6.07) is 1.92. The molecule has 2 aliphatic heterocycles. The molecule has 2 aliphatic rings. The fourth-order valence-corrected chi connectivity index (χ4v) is 3.86. The predicted octanol–water partition coefficient (Wildman–Crippen LogP) is 3.75. The highest BCUT2D eigenvalue weighted by Gasteiger charge is 2.30. The van der Waals surface area contributed by atoms with Gasteiger partial charge in [-0.15, -0.1) is 0 Å². The van der Waals surface area contributed by atoms with E-state index in [-0.39, 0.29) is 5.17 Å². The lowest BCUT2D eigenvalue weighted by atomic mass is 10.0. The summed E-state index contributed by atoms with van der Waals surface area (Å²) in [5, 5.41) is 16.2. The van der Waals surface area contributed by atoms with Crippen LogP contribution < -0.4 is 4.90 Å². The van der Waals surface area contributed by atoms with Crippen molar-refractivity contribution in [1.29, 1.82) is 10.8 Å². The van der Waals surface area contributed by atoms with E-state index in [2.05, 4.69) is 9.88 Å². The van der Waals surface area contributed by atoms with Gasteiger partial charge in [0, 0.05) is 30.4 Å². The second-order valence-electron chi connectivity index (χ2n) is 4.95. The van der Waals surface area contributed by atoms with Gasteiger partial charge in [-0.3, -0.25) is 10.8 Å². The van der Waals surface area contributed by atoms with Crippen LogP contribution in [-0.2, 0) is 0 Å². The third-order valence-corrected chi connectivity index (χ3v) is 4.99. The second kappa shape index (κ2) is 5.22. The molecule has 1 aromatic heterocycles. The Kier molecular flexibility index (Phi) is 3.56. The average molecular weight is 307 g/mol. The molecule has 3 heterocycles. The SMILES string of the molecule is C/C(C(=N)Cl)=C1/C(=N)Sc2c1ccnc2N1CCCC1. The molecular weight excluding hydrogens is 292 g/mol. The number of hydrogen-bond acceptors (Lipinski definition) is 5. The molecule has 0 aliphatic carbocycles. The largest absolute Gasteiger partial charge is 0.356 e. The van der Waals surface area contributed by atoms with E-state index >= 15 is 0 Å². The van der Waals surface area contributed by atoms with Gasteiger partial charge in [-0.2, -0.15) is 0 Å². The molecule has 0 radical (unpaired) electrons. The molecule has 0 atom stereocenters. The van der Waals surface area contributed by atoms with E-state index in [0.717, 1.165) is 34.9 Å². The monoisotopic (exact) mass is 306 g/mol. The molecule has 6 heteroatoms. The van der Waals surface area contributed by atoms with Gasteiger partial charge in [0.15, 0.2) is 0 Å². The van der Waals surface area contributed by atoms with Gasteiger partial charge in [0.25, 0.3) is 0 Å². The maximum absolute atomic E-state index is 8.19. The number of aromatic nitrogens is 1. The van der Waals surface area contributed by atoms with Crippen molar-refractivity contribution in [1.82, 2.24) is 4.98 Å². The van der Waals surface area contributed by atoms with E-state index in [1.165, 1.54) is 24.6 Å². The summed E-state index contributed by atoms with van der Waals surface area (Å²) >= 11 is 7.22. The summed E-state index contributed by atoms with van der Waals surface area (Å²) in [5.41, 5.74) is 2.41. The maximum atomic E-state index is 8.19. The van der Waals surface area contributed by atoms with Crippen LogP contribution in [0.5, 0.6) is 0 Å². The second-order valence-corrected chi connectivity index (χ2v) is 6.35. The molecule has 0 aromatic carbocycles. The van der Waals surface area contributed by atoms with Gasteiger partial charge in [-0.1, -0.05) is 23.4 Å². The molecule has 0 unspecified atom stereocenters. The molecule has 1 fully saturated rings. The number of nitrogens with zero attached hydrogens (tertiary/aromatic N) is 2.